The minimum absolute atomic E-state index is 1.34. The summed E-state index contributed by atoms with van der Waals surface area (Å²) in [6, 6.07) is 8.17. The van der Waals surface area contributed by atoms with E-state index in [-0.39, 0.29) is 0 Å². The SMILES string of the molecule is CCCCCC[Si]1(CCCCCC)c2cc(C)sc2-c2sc(C)cc21. The van der Waals surface area contributed by atoms with Crippen molar-refractivity contribution in [1.82, 2.24) is 0 Å². The van der Waals surface area contributed by atoms with Crippen LogP contribution >= 0.6 is 22.7 Å². The van der Waals surface area contributed by atoms with Crippen LogP contribution in [0, 0.1) is 13.8 Å². The Balaban J connectivity index is 1.93. The molecule has 0 bridgehead atoms. The molecule has 0 atom stereocenters. The van der Waals surface area contributed by atoms with Crippen molar-refractivity contribution in [2.24, 2.45) is 0 Å². The third-order valence-electron chi connectivity index (χ3n) is 5.86. The summed E-state index contributed by atoms with van der Waals surface area (Å²) in [5.41, 5.74) is 0. The van der Waals surface area contributed by atoms with Crippen LogP contribution in [0.5, 0.6) is 0 Å². The monoisotopic (exact) mass is 390 g/mol. The van der Waals surface area contributed by atoms with Crippen LogP contribution in [-0.4, -0.2) is 8.07 Å². The summed E-state index contributed by atoms with van der Waals surface area (Å²) in [6.45, 7) is 9.29. The molecule has 3 heteroatoms. The van der Waals surface area contributed by atoms with Crippen LogP contribution in [0.3, 0.4) is 0 Å². The molecule has 1 aliphatic rings. The molecule has 2 aromatic heterocycles. The quantitative estimate of drug-likeness (QED) is 0.299. The molecule has 138 valence electrons. The molecule has 0 aliphatic carbocycles. The lowest BCUT2D eigenvalue weighted by Gasteiger charge is -2.29. The predicted octanol–water partition coefficient (Wildman–Crippen LogP) is 7.13. The van der Waals surface area contributed by atoms with Crippen molar-refractivity contribution in [3.8, 4) is 9.75 Å². The van der Waals surface area contributed by atoms with E-state index in [2.05, 4.69) is 62.5 Å². The van der Waals surface area contributed by atoms with Crippen molar-refractivity contribution in [2.45, 2.75) is 91.1 Å². The average molecular weight is 391 g/mol. The highest BCUT2D eigenvalue weighted by atomic mass is 32.1. The fourth-order valence-electron chi connectivity index (χ4n) is 4.59. The first-order valence-electron chi connectivity index (χ1n) is 10.3. The molecule has 0 amide bonds. The molecule has 0 unspecified atom stereocenters. The number of aryl methyl sites for hydroxylation is 2. The Morgan fingerprint density at radius 1 is 0.680 bits per heavy atom. The minimum atomic E-state index is -1.51. The molecular formula is C22H34S2Si. The lowest BCUT2D eigenvalue weighted by atomic mass is 10.2. The van der Waals surface area contributed by atoms with Crippen molar-refractivity contribution >= 4 is 41.1 Å². The maximum atomic E-state index is 2.59. The van der Waals surface area contributed by atoms with Crippen LogP contribution in [0.1, 0.15) is 75.0 Å². The molecule has 0 nitrogen and oxygen atoms in total. The van der Waals surface area contributed by atoms with Crippen molar-refractivity contribution in [3.05, 3.63) is 21.9 Å². The molecule has 0 fully saturated rings. The van der Waals surface area contributed by atoms with Crippen molar-refractivity contribution in [1.29, 1.82) is 0 Å². The highest BCUT2D eigenvalue weighted by Crippen LogP contribution is 2.42. The van der Waals surface area contributed by atoms with Gasteiger partial charge in [0.1, 0.15) is 8.07 Å². The maximum Gasteiger partial charge on any atom is 0.122 e. The van der Waals surface area contributed by atoms with Gasteiger partial charge in [-0.2, -0.15) is 0 Å². The van der Waals surface area contributed by atoms with E-state index < -0.39 is 8.07 Å². The fraction of sp³-hybridized carbons (Fsp3) is 0.636. The molecule has 0 spiro atoms. The zero-order valence-electron chi connectivity index (χ0n) is 16.5. The second kappa shape index (κ2) is 8.54. The Labute approximate surface area is 163 Å². The van der Waals surface area contributed by atoms with Gasteiger partial charge < -0.3 is 0 Å². The van der Waals surface area contributed by atoms with Crippen LogP contribution < -0.4 is 10.4 Å². The summed E-state index contributed by atoms with van der Waals surface area (Å²) in [7, 11) is -1.51. The number of unbranched alkanes of at least 4 members (excludes halogenated alkanes) is 6. The van der Waals surface area contributed by atoms with E-state index in [1.165, 1.54) is 73.2 Å². The minimum Gasteiger partial charge on any atom is -0.140 e. The van der Waals surface area contributed by atoms with Crippen LogP contribution in [0.25, 0.3) is 9.75 Å². The summed E-state index contributed by atoms with van der Waals surface area (Å²) in [4.78, 5) is 6.40. The number of hydrogen-bond acceptors (Lipinski definition) is 2. The second-order valence-corrected chi connectivity index (χ2v) is 14.7. The molecule has 2 aromatic rings. The standard InChI is InChI=1S/C22H34S2Si/c1-5-7-9-11-13-25(14-12-10-8-6-2)19-15-17(3)23-21(19)22-20(25)16-18(4)24-22/h15-16H,5-14H2,1-4H3. The van der Waals surface area contributed by atoms with Gasteiger partial charge in [-0.3, -0.25) is 0 Å². The molecule has 25 heavy (non-hydrogen) atoms. The second-order valence-electron chi connectivity index (χ2n) is 7.90. The molecule has 0 N–H and O–H groups in total. The molecule has 0 radical (unpaired) electrons. The van der Waals surface area contributed by atoms with Crippen LogP contribution in [0.2, 0.25) is 12.1 Å². The van der Waals surface area contributed by atoms with E-state index in [1.807, 2.05) is 10.4 Å². The Bertz CT molecular complexity index is 635. The van der Waals surface area contributed by atoms with Crippen molar-refractivity contribution in [2.75, 3.05) is 0 Å². The van der Waals surface area contributed by atoms with E-state index in [0.717, 1.165) is 0 Å². The van der Waals surface area contributed by atoms with Gasteiger partial charge in [0.2, 0.25) is 0 Å². The van der Waals surface area contributed by atoms with Gasteiger partial charge in [-0.15, -0.1) is 22.7 Å². The fourth-order valence-corrected chi connectivity index (χ4v) is 13.9. The first-order valence-corrected chi connectivity index (χ1v) is 14.4. The molecule has 0 aromatic carbocycles. The summed E-state index contributed by atoms with van der Waals surface area (Å²) in [6.07, 6.45) is 11.2. The average Bonchev–Trinajstić information content (AvgIpc) is 3.21. The van der Waals surface area contributed by atoms with Crippen LogP contribution in [0.4, 0.5) is 0 Å². The lowest BCUT2D eigenvalue weighted by molar-refractivity contribution is 0.684. The Morgan fingerprint density at radius 2 is 1.12 bits per heavy atom. The van der Waals surface area contributed by atoms with Gasteiger partial charge in [0.25, 0.3) is 0 Å². The van der Waals surface area contributed by atoms with Crippen LogP contribution in [-0.2, 0) is 0 Å². The largest absolute Gasteiger partial charge is 0.140 e. The van der Waals surface area contributed by atoms with Gasteiger partial charge in [-0.1, -0.05) is 65.2 Å². The third kappa shape index (κ3) is 3.84. The molecule has 0 saturated carbocycles. The summed E-state index contributed by atoms with van der Waals surface area (Å²) < 4.78 is 0. The van der Waals surface area contributed by atoms with Gasteiger partial charge in [0, 0.05) is 19.5 Å². The Hall–Kier alpha value is -0.383. The molecule has 3 heterocycles. The summed E-state index contributed by atoms with van der Waals surface area (Å²) >= 11 is 4.14. The lowest BCUT2D eigenvalue weighted by Crippen LogP contribution is -2.54. The predicted molar refractivity (Wildman–Crippen MR) is 120 cm³/mol. The third-order valence-corrected chi connectivity index (χ3v) is 13.8. The molecule has 1 aliphatic heterocycles. The van der Waals surface area contributed by atoms with E-state index in [4.69, 9.17) is 0 Å². The smallest absolute Gasteiger partial charge is 0.122 e. The van der Waals surface area contributed by atoms with Crippen molar-refractivity contribution in [3.63, 3.8) is 0 Å². The van der Waals surface area contributed by atoms with Crippen molar-refractivity contribution < 1.29 is 0 Å². The van der Waals surface area contributed by atoms with E-state index in [0.29, 0.717) is 0 Å². The zero-order valence-corrected chi connectivity index (χ0v) is 19.2. The molecule has 3 rings (SSSR count). The summed E-state index contributed by atoms with van der Waals surface area (Å²) in [5.74, 6) is 0. The van der Waals surface area contributed by atoms with Crippen LogP contribution in [0.15, 0.2) is 12.1 Å². The first kappa shape index (κ1) is 19.4. The number of thiophene rings is 2. The Kier molecular flexibility index (Phi) is 6.62. The van der Waals surface area contributed by atoms with Gasteiger partial charge in [0.15, 0.2) is 0 Å². The number of hydrogen-bond donors (Lipinski definition) is 0. The van der Waals surface area contributed by atoms with Gasteiger partial charge in [0.05, 0.1) is 0 Å². The van der Waals surface area contributed by atoms with Gasteiger partial charge in [-0.05, 0) is 48.4 Å². The summed E-state index contributed by atoms with van der Waals surface area (Å²) in [5, 5.41) is 3.65. The highest BCUT2D eigenvalue weighted by molar-refractivity contribution is 7.29. The van der Waals surface area contributed by atoms with E-state index in [1.54, 1.807) is 9.75 Å². The first-order chi connectivity index (χ1) is 12.1. The maximum absolute atomic E-state index is 2.59. The normalized spacial score (nSPS) is 14.7. The van der Waals surface area contributed by atoms with E-state index in [9.17, 15) is 0 Å². The number of fused-ring (bicyclic) bond motifs is 3. The Morgan fingerprint density at radius 3 is 1.52 bits per heavy atom. The topological polar surface area (TPSA) is 0 Å². The molecule has 0 saturated heterocycles. The molecular weight excluding hydrogens is 356 g/mol. The van der Waals surface area contributed by atoms with Gasteiger partial charge in [-0.25, -0.2) is 0 Å². The van der Waals surface area contributed by atoms with E-state index >= 15 is 0 Å². The highest BCUT2D eigenvalue weighted by Gasteiger charge is 2.46. The van der Waals surface area contributed by atoms with Gasteiger partial charge >= 0.3 is 0 Å². The number of rotatable bonds is 10. The zero-order chi connectivity index (χ0) is 17.9.